The van der Waals surface area contributed by atoms with E-state index in [4.69, 9.17) is 9.84 Å². The molecule has 21 heavy (non-hydrogen) atoms. The average Bonchev–Trinajstić information content (AvgIpc) is 2.49. The third-order valence-corrected chi connectivity index (χ3v) is 3.32. The van der Waals surface area contributed by atoms with Gasteiger partial charge in [0.05, 0.1) is 5.92 Å². The second kappa shape index (κ2) is 8.29. The van der Waals surface area contributed by atoms with Gasteiger partial charge in [0.15, 0.2) is 6.61 Å². The molecule has 1 unspecified atom stereocenters. The zero-order valence-electron chi connectivity index (χ0n) is 12.8. The molecule has 116 valence electrons. The first-order chi connectivity index (χ1) is 9.97. The number of benzene rings is 1. The Kier molecular flexibility index (Phi) is 6.72. The molecule has 5 heteroatoms. The summed E-state index contributed by atoms with van der Waals surface area (Å²) in [4.78, 5) is 24.4. The van der Waals surface area contributed by atoms with Gasteiger partial charge < -0.3 is 14.7 Å². The van der Waals surface area contributed by atoms with Crippen LogP contribution < -0.4 is 4.74 Å². The van der Waals surface area contributed by atoms with E-state index in [1.165, 1.54) is 4.90 Å². The minimum Gasteiger partial charge on any atom is -0.484 e. The molecule has 0 spiro atoms. The Morgan fingerprint density at radius 2 is 2.05 bits per heavy atom. The van der Waals surface area contributed by atoms with E-state index in [0.717, 1.165) is 12.0 Å². The monoisotopic (exact) mass is 293 g/mol. The molecule has 0 heterocycles. The van der Waals surface area contributed by atoms with E-state index in [0.29, 0.717) is 12.3 Å². The van der Waals surface area contributed by atoms with E-state index in [9.17, 15) is 9.59 Å². The van der Waals surface area contributed by atoms with Crippen molar-refractivity contribution in [2.75, 3.05) is 19.7 Å². The van der Waals surface area contributed by atoms with Crippen LogP contribution in [0.4, 0.5) is 0 Å². The molecule has 5 nitrogen and oxygen atoms in total. The molecular formula is C16H23NO4. The minimum atomic E-state index is -0.905. The van der Waals surface area contributed by atoms with Crippen LogP contribution >= 0.6 is 0 Å². The van der Waals surface area contributed by atoms with Crippen molar-refractivity contribution in [1.82, 2.24) is 4.90 Å². The number of carboxylic acids is 1. The van der Waals surface area contributed by atoms with Crippen LogP contribution in [0.25, 0.3) is 0 Å². The zero-order valence-corrected chi connectivity index (χ0v) is 12.8. The number of nitrogens with zero attached hydrogens (tertiary/aromatic N) is 1. The second-order valence-electron chi connectivity index (χ2n) is 4.96. The first kappa shape index (κ1) is 17.0. The van der Waals surface area contributed by atoms with Crippen LogP contribution in [-0.2, 0) is 16.0 Å². The molecule has 0 aliphatic rings. The number of aliphatic carboxylic acids is 1. The molecule has 0 fully saturated rings. The Morgan fingerprint density at radius 3 is 2.62 bits per heavy atom. The Labute approximate surface area is 125 Å². The summed E-state index contributed by atoms with van der Waals surface area (Å²) < 4.78 is 5.50. The van der Waals surface area contributed by atoms with Gasteiger partial charge >= 0.3 is 5.97 Å². The summed E-state index contributed by atoms with van der Waals surface area (Å²) in [5.41, 5.74) is 1.15. The maximum absolute atomic E-state index is 12.1. The summed E-state index contributed by atoms with van der Waals surface area (Å²) in [6, 6.07) is 7.61. The van der Waals surface area contributed by atoms with Gasteiger partial charge in [-0.3, -0.25) is 9.59 Å². The number of likely N-dealkylation sites (N-methyl/N-ethyl adjacent to an activating group) is 1. The third kappa shape index (κ3) is 5.45. The highest BCUT2D eigenvalue weighted by atomic mass is 16.5. The lowest BCUT2D eigenvalue weighted by Crippen LogP contribution is -2.39. The van der Waals surface area contributed by atoms with Gasteiger partial charge in [0.2, 0.25) is 0 Å². The highest BCUT2D eigenvalue weighted by Gasteiger charge is 2.19. The molecule has 0 aliphatic heterocycles. The summed E-state index contributed by atoms with van der Waals surface area (Å²) >= 11 is 0. The van der Waals surface area contributed by atoms with Gasteiger partial charge in [-0.15, -0.1) is 0 Å². The first-order valence-electron chi connectivity index (χ1n) is 7.20. The van der Waals surface area contributed by atoms with Crippen LogP contribution in [0, 0.1) is 5.92 Å². The first-order valence-corrected chi connectivity index (χ1v) is 7.20. The molecule has 1 rings (SSSR count). The van der Waals surface area contributed by atoms with Gasteiger partial charge in [0, 0.05) is 13.1 Å². The molecule has 1 atom stereocenters. The van der Waals surface area contributed by atoms with Crippen molar-refractivity contribution < 1.29 is 19.4 Å². The van der Waals surface area contributed by atoms with Crippen LogP contribution in [-0.4, -0.2) is 41.6 Å². The van der Waals surface area contributed by atoms with E-state index in [1.807, 2.05) is 31.2 Å². The SMILES string of the molecule is CCc1cccc(OCC(=O)N(CC)CC(C)C(=O)O)c1. The smallest absolute Gasteiger partial charge is 0.308 e. The Balaban J connectivity index is 2.55. The van der Waals surface area contributed by atoms with Gasteiger partial charge in [-0.2, -0.15) is 0 Å². The number of carbonyl (C=O) groups is 2. The molecule has 0 saturated carbocycles. The van der Waals surface area contributed by atoms with Crippen LogP contribution in [0.2, 0.25) is 0 Å². The minimum absolute atomic E-state index is 0.0760. The molecule has 1 aromatic carbocycles. The maximum Gasteiger partial charge on any atom is 0.308 e. The van der Waals surface area contributed by atoms with E-state index in [1.54, 1.807) is 6.92 Å². The van der Waals surface area contributed by atoms with Crippen LogP contribution in [0.5, 0.6) is 5.75 Å². The van der Waals surface area contributed by atoms with Crippen molar-refractivity contribution >= 4 is 11.9 Å². The Hall–Kier alpha value is -2.04. The number of carbonyl (C=O) groups excluding carboxylic acids is 1. The van der Waals surface area contributed by atoms with Gasteiger partial charge in [-0.25, -0.2) is 0 Å². The molecule has 0 aliphatic carbocycles. The predicted molar refractivity (Wildman–Crippen MR) is 80.4 cm³/mol. The summed E-state index contributed by atoms with van der Waals surface area (Å²) in [5.74, 6) is -1.03. The lowest BCUT2D eigenvalue weighted by molar-refractivity contribution is -0.143. The quantitative estimate of drug-likeness (QED) is 0.798. The number of ether oxygens (including phenoxy) is 1. The topological polar surface area (TPSA) is 66.8 Å². The summed E-state index contributed by atoms with van der Waals surface area (Å²) in [6.07, 6.45) is 0.905. The predicted octanol–water partition coefficient (Wildman–Crippen LogP) is 2.20. The standard InChI is InChI=1S/C16H23NO4/c1-4-13-7-6-8-14(9-13)21-11-15(18)17(5-2)10-12(3)16(19)20/h6-9,12H,4-5,10-11H2,1-3H3,(H,19,20). The van der Waals surface area contributed by atoms with Crippen LogP contribution in [0.15, 0.2) is 24.3 Å². The fourth-order valence-corrected chi connectivity index (χ4v) is 1.91. The van der Waals surface area contributed by atoms with Gasteiger partial charge in [-0.05, 0) is 31.0 Å². The van der Waals surface area contributed by atoms with Gasteiger partial charge in [0.25, 0.3) is 5.91 Å². The summed E-state index contributed by atoms with van der Waals surface area (Å²) in [7, 11) is 0. The normalized spacial score (nSPS) is 11.8. The molecule has 0 radical (unpaired) electrons. The number of rotatable bonds is 8. The summed E-state index contributed by atoms with van der Waals surface area (Å²) in [5, 5.41) is 8.90. The van der Waals surface area contributed by atoms with Crippen LogP contribution in [0.3, 0.4) is 0 Å². The zero-order chi connectivity index (χ0) is 15.8. The number of aryl methyl sites for hydroxylation is 1. The second-order valence-corrected chi connectivity index (χ2v) is 4.96. The summed E-state index contributed by atoms with van der Waals surface area (Å²) in [6.45, 7) is 6.05. The number of hydrogen-bond acceptors (Lipinski definition) is 3. The van der Waals surface area contributed by atoms with Crippen molar-refractivity contribution in [3.8, 4) is 5.75 Å². The largest absolute Gasteiger partial charge is 0.484 e. The van der Waals surface area contributed by atoms with Crippen molar-refractivity contribution in [3.05, 3.63) is 29.8 Å². The molecular weight excluding hydrogens is 270 g/mol. The van der Waals surface area contributed by atoms with Gasteiger partial charge in [0.1, 0.15) is 5.75 Å². The van der Waals surface area contributed by atoms with E-state index >= 15 is 0 Å². The molecule has 1 N–H and O–H groups in total. The van der Waals surface area contributed by atoms with Gasteiger partial charge in [-0.1, -0.05) is 26.0 Å². The molecule has 1 aromatic rings. The van der Waals surface area contributed by atoms with Crippen molar-refractivity contribution in [1.29, 1.82) is 0 Å². The fraction of sp³-hybridized carbons (Fsp3) is 0.500. The number of amides is 1. The third-order valence-electron chi connectivity index (χ3n) is 3.32. The molecule has 0 saturated heterocycles. The lowest BCUT2D eigenvalue weighted by Gasteiger charge is -2.23. The molecule has 0 bridgehead atoms. The Morgan fingerprint density at radius 1 is 1.33 bits per heavy atom. The van der Waals surface area contributed by atoms with E-state index < -0.39 is 11.9 Å². The number of hydrogen-bond donors (Lipinski definition) is 1. The molecule has 0 aromatic heterocycles. The average molecular weight is 293 g/mol. The fourth-order valence-electron chi connectivity index (χ4n) is 1.91. The Bertz CT molecular complexity index is 487. The van der Waals surface area contributed by atoms with Crippen LogP contribution in [0.1, 0.15) is 26.3 Å². The van der Waals surface area contributed by atoms with Crippen molar-refractivity contribution in [2.24, 2.45) is 5.92 Å². The van der Waals surface area contributed by atoms with E-state index in [2.05, 4.69) is 6.92 Å². The van der Waals surface area contributed by atoms with E-state index in [-0.39, 0.29) is 19.1 Å². The molecule has 1 amide bonds. The van der Waals surface area contributed by atoms with Crippen molar-refractivity contribution in [3.63, 3.8) is 0 Å². The van der Waals surface area contributed by atoms with Crippen molar-refractivity contribution in [2.45, 2.75) is 27.2 Å². The highest BCUT2D eigenvalue weighted by Crippen LogP contribution is 2.14. The lowest BCUT2D eigenvalue weighted by atomic mass is 10.1. The maximum atomic E-state index is 12.1. The number of carboxylic acid groups (broad SMARTS) is 1. The highest BCUT2D eigenvalue weighted by molar-refractivity contribution is 5.78.